The summed E-state index contributed by atoms with van der Waals surface area (Å²) in [6.07, 6.45) is 17.4. The van der Waals surface area contributed by atoms with E-state index in [2.05, 4.69) is 82.5 Å². The predicted octanol–water partition coefficient (Wildman–Crippen LogP) is 9.30. The van der Waals surface area contributed by atoms with Gasteiger partial charge in [0.05, 0.1) is 12.3 Å². The first kappa shape index (κ1) is 34.9. The monoisotopic (exact) mass is 513 g/mol. The second kappa shape index (κ2) is 24.3. The highest BCUT2D eigenvalue weighted by atomic mass is 16.6. The van der Waals surface area contributed by atoms with Gasteiger partial charge in [-0.25, -0.2) is 0 Å². The minimum absolute atomic E-state index is 0.309. The van der Waals surface area contributed by atoms with Gasteiger partial charge in [0.1, 0.15) is 5.76 Å². The number of oxime groups is 1. The van der Waals surface area contributed by atoms with Crippen LogP contribution in [0.25, 0.3) is 0 Å². The fourth-order valence-electron chi connectivity index (χ4n) is 3.70. The zero-order chi connectivity index (χ0) is 27.7. The number of rotatable bonds is 21. The summed E-state index contributed by atoms with van der Waals surface area (Å²) < 4.78 is 0. The summed E-state index contributed by atoms with van der Waals surface area (Å²) in [5.41, 5.74) is 9.99. The molecule has 4 nitrogen and oxygen atoms in total. The van der Waals surface area contributed by atoms with Crippen molar-refractivity contribution in [3.63, 3.8) is 0 Å². The van der Waals surface area contributed by atoms with E-state index in [1.165, 1.54) is 69.8 Å². The van der Waals surface area contributed by atoms with Crippen LogP contribution in [0.4, 0.5) is 0 Å². The van der Waals surface area contributed by atoms with E-state index in [1.807, 2.05) is 0 Å². The van der Waals surface area contributed by atoms with Crippen LogP contribution in [0.2, 0.25) is 0 Å². The molecule has 0 saturated heterocycles. The molecule has 1 rings (SSSR count). The van der Waals surface area contributed by atoms with E-state index >= 15 is 0 Å². The number of nitrogens with one attached hydrogen (secondary N) is 1. The molecule has 0 aliphatic carbocycles. The second-order valence-electron chi connectivity index (χ2n) is 10.2. The number of nitrogens with zero attached hydrogens (tertiary/aromatic N) is 1. The Morgan fingerprint density at radius 1 is 0.865 bits per heavy atom. The number of hydrogen-bond acceptors (Lipinski definition) is 4. The van der Waals surface area contributed by atoms with E-state index in [0.717, 1.165) is 42.7 Å². The highest BCUT2D eigenvalue weighted by Gasteiger charge is 2.13. The molecule has 3 N–H and O–H groups in total. The fourth-order valence-corrected chi connectivity index (χ4v) is 3.70. The molecule has 37 heavy (non-hydrogen) atoms. The quantitative estimate of drug-likeness (QED) is 0.0745. The van der Waals surface area contributed by atoms with Crippen LogP contribution >= 0.6 is 0 Å². The normalized spacial score (nSPS) is 11.9. The van der Waals surface area contributed by atoms with Crippen LogP contribution in [0.15, 0.2) is 54.0 Å². The van der Waals surface area contributed by atoms with Crippen LogP contribution in [0, 0.1) is 5.92 Å². The Hall–Kier alpha value is -2.07. The molecule has 0 bridgehead atoms. The van der Waals surface area contributed by atoms with Gasteiger partial charge >= 0.3 is 0 Å². The first-order chi connectivity index (χ1) is 17.9. The number of unbranched alkanes of at least 4 members (excludes halogenated alkanes) is 8. The summed E-state index contributed by atoms with van der Waals surface area (Å²) in [4.78, 5) is 5.66. The van der Waals surface area contributed by atoms with Crippen molar-refractivity contribution in [2.75, 3.05) is 13.1 Å². The Labute approximate surface area is 230 Å². The zero-order valence-electron chi connectivity index (χ0n) is 25.0. The summed E-state index contributed by atoms with van der Waals surface area (Å²) in [7, 11) is 0. The zero-order valence-corrected chi connectivity index (χ0v) is 25.0. The smallest absolute Gasteiger partial charge is 0.146 e. The summed E-state index contributed by atoms with van der Waals surface area (Å²) in [6, 6.07) is 8.85. The van der Waals surface area contributed by atoms with E-state index in [9.17, 15) is 0 Å². The van der Waals surface area contributed by atoms with Gasteiger partial charge in [0.15, 0.2) is 0 Å². The lowest BCUT2D eigenvalue weighted by atomic mass is 9.95. The van der Waals surface area contributed by atoms with Crippen molar-refractivity contribution in [3.8, 4) is 0 Å². The number of allylic oxidation sites excluding steroid dienone is 1. The molecule has 1 unspecified atom stereocenters. The average molecular weight is 514 g/mol. The van der Waals surface area contributed by atoms with Crippen LogP contribution < -0.4 is 11.1 Å². The Balaban J connectivity index is 0.00000300. The van der Waals surface area contributed by atoms with Crippen molar-refractivity contribution >= 4 is 5.71 Å². The topological polar surface area (TPSA) is 59.6 Å². The highest BCUT2D eigenvalue weighted by Crippen LogP contribution is 2.17. The molecule has 0 saturated carbocycles. The van der Waals surface area contributed by atoms with Gasteiger partial charge in [-0.2, -0.15) is 0 Å². The van der Waals surface area contributed by atoms with Crippen molar-refractivity contribution in [2.24, 2.45) is 16.8 Å². The van der Waals surface area contributed by atoms with Gasteiger partial charge in [-0.3, -0.25) is 0 Å². The van der Waals surface area contributed by atoms with Gasteiger partial charge in [-0.1, -0.05) is 135 Å². The molecule has 0 radical (unpaired) electrons. The summed E-state index contributed by atoms with van der Waals surface area (Å²) in [6.45, 7) is 20.1. The van der Waals surface area contributed by atoms with Gasteiger partial charge in [-0.05, 0) is 49.8 Å². The van der Waals surface area contributed by atoms with Crippen LogP contribution in [0.1, 0.15) is 129 Å². The van der Waals surface area contributed by atoms with E-state index in [1.54, 1.807) is 0 Å². The molecule has 0 amide bonds. The first-order valence-corrected chi connectivity index (χ1v) is 15.1. The maximum Gasteiger partial charge on any atom is 0.146 e. The second-order valence-corrected chi connectivity index (χ2v) is 10.2. The molecule has 1 aromatic carbocycles. The van der Waals surface area contributed by atoms with Gasteiger partial charge in [0.2, 0.25) is 0 Å². The van der Waals surface area contributed by atoms with E-state index in [4.69, 9.17) is 10.6 Å². The third-order valence-electron chi connectivity index (χ3n) is 6.64. The largest absolute Gasteiger partial charge is 0.381 e. The Bertz CT molecular complexity index is 722. The van der Waals surface area contributed by atoms with Crippen LogP contribution in [-0.2, 0) is 11.3 Å². The van der Waals surface area contributed by atoms with Crippen molar-refractivity contribution in [1.82, 2.24) is 5.32 Å². The van der Waals surface area contributed by atoms with Crippen LogP contribution in [-0.4, -0.2) is 18.8 Å². The van der Waals surface area contributed by atoms with Gasteiger partial charge < -0.3 is 15.9 Å². The minimum atomic E-state index is 0.309. The molecule has 0 spiro atoms. The molecule has 0 fully saturated rings. The molecule has 4 heteroatoms. The number of hydrogen-bond donors (Lipinski definition) is 2. The molecule has 0 aromatic heterocycles. The lowest BCUT2D eigenvalue weighted by Crippen LogP contribution is -2.18. The highest BCUT2D eigenvalue weighted by molar-refractivity contribution is 6.01. The predicted molar refractivity (Wildman–Crippen MR) is 165 cm³/mol. The summed E-state index contributed by atoms with van der Waals surface area (Å²) >= 11 is 0. The van der Waals surface area contributed by atoms with Crippen molar-refractivity contribution in [1.29, 1.82) is 0 Å². The molecule has 1 atom stereocenters. The van der Waals surface area contributed by atoms with Gasteiger partial charge in [-0.15, -0.1) is 0 Å². The van der Waals surface area contributed by atoms with E-state index in [0.29, 0.717) is 24.8 Å². The Kier molecular flexibility index (Phi) is 22.9. The molecule has 212 valence electrons. The Morgan fingerprint density at radius 2 is 1.46 bits per heavy atom. The van der Waals surface area contributed by atoms with Crippen LogP contribution in [0.3, 0.4) is 0 Å². The lowest BCUT2D eigenvalue weighted by molar-refractivity contribution is 0.220. The third kappa shape index (κ3) is 18.8. The average Bonchev–Trinajstić information content (AvgIpc) is 2.92. The maximum absolute atomic E-state index is 5.66. The molecule has 0 aliphatic rings. The molecule has 0 heterocycles. The number of nitrogens with two attached hydrogens (primary N) is 1. The van der Waals surface area contributed by atoms with Crippen molar-refractivity contribution in [3.05, 3.63) is 60.0 Å². The van der Waals surface area contributed by atoms with Crippen molar-refractivity contribution < 1.29 is 4.84 Å². The van der Waals surface area contributed by atoms with Crippen LogP contribution in [0.5, 0.6) is 0 Å². The molecule has 1 aromatic rings. The van der Waals surface area contributed by atoms with Crippen molar-refractivity contribution in [2.45, 2.75) is 125 Å². The molecule has 0 aliphatic heterocycles. The van der Waals surface area contributed by atoms with Gasteiger partial charge in [0.25, 0.3) is 0 Å². The molecular formula is C33H59N3O. The van der Waals surface area contributed by atoms with E-state index in [-0.39, 0.29) is 0 Å². The van der Waals surface area contributed by atoms with E-state index < -0.39 is 0 Å². The third-order valence-corrected chi connectivity index (χ3v) is 6.64. The Morgan fingerprint density at radius 3 is 2.00 bits per heavy atom. The number of aryl methyl sites for hydroxylation is 1. The summed E-state index contributed by atoms with van der Waals surface area (Å²) in [5.74, 6) is 0.889. The minimum Gasteiger partial charge on any atom is -0.381 e. The lowest BCUT2D eigenvalue weighted by Gasteiger charge is -2.15. The fraction of sp³-hybridized carbons (Fsp3) is 0.667. The molecular weight excluding hydrogens is 454 g/mol. The van der Waals surface area contributed by atoms with Gasteiger partial charge in [0, 0.05) is 11.6 Å². The number of benzene rings is 1. The SMILES string of the molecule is C=C(CCCN)NCC(=C)O/N=C(/c1ccc(CCCCCCCCCC)cc1)C(C)CC.CCCC. The standard InChI is InChI=1S/C29H49N3O.C4H10/c1-6-8-9-10-11-12-13-14-17-27-18-20-28(21-19-27)29(24(3)7-2)32-33-26(5)23-31-25(4)16-15-22-30;1-3-4-2/h18-21,24,31H,4-17,22-23,30H2,1-3H3;3-4H2,1-2H3/b32-29+;. The maximum atomic E-state index is 5.66. The first-order valence-electron chi connectivity index (χ1n) is 15.1. The summed E-state index contributed by atoms with van der Waals surface area (Å²) in [5, 5.41) is 7.71.